The standard InChI is InChI=1S/C16H18F4O/c17-15-12(2-1-3-13(15)16(18,19)20)14(21)8-11-7-9-4-5-10(11)6-9/h1-3,9-11,14,21H,4-8H2. The maximum Gasteiger partial charge on any atom is 0.419 e. The Kier molecular flexibility index (Phi) is 3.72. The van der Waals surface area contributed by atoms with Gasteiger partial charge >= 0.3 is 6.18 Å². The van der Waals surface area contributed by atoms with E-state index in [0.29, 0.717) is 30.2 Å². The van der Waals surface area contributed by atoms with Gasteiger partial charge in [-0.25, -0.2) is 4.39 Å². The predicted molar refractivity (Wildman–Crippen MR) is 69.9 cm³/mol. The van der Waals surface area contributed by atoms with Crippen molar-refractivity contribution >= 4 is 0 Å². The molecule has 2 fully saturated rings. The fourth-order valence-corrected chi connectivity index (χ4v) is 4.10. The summed E-state index contributed by atoms with van der Waals surface area (Å²) in [5.41, 5.74) is -1.53. The third-order valence-corrected chi connectivity index (χ3v) is 5.10. The highest BCUT2D eigenvalue weighted by atomic mass is 19.4. The molecule has 4 unspecified atom stereocenters. The Morgan fingerprint density at radius 3 is 2.52 bits per heavy atom. The molecule has 0 aromatic heterocycles. The summed E-state index contributed by atoms with van der Waals surface area (Å²) < 4.78 is 52.1. The minimum Gasteiger partial charge on any atom is -0.388 e. The summed E-state index contributed by atoms with van der Waals surface area (Å²) in [7, 11) is 0. The van der Waals surface area contributed by atoms with E-state index in [1.54, 1.807) is 0 Å². The van der Waals surface area contributed by atoms with Crippen LogP contribution in [0, 0.1) is 23.6 Å². The highest BCUT2D eigenvalue weighted by molar-refractivity contribution is 5.29. The van der Waals surface area contributed by atoms with Gasteiger partial charge in [-0.2, -0.15) is 13.2 Å². The second-order valence-electron chi connectivity index (χ2n) is 6.39. The molecule has 21 heavy (non-hydrogen) atoms. The molecule has 4 atom stereocenters. The van der Waals surface area contributed by atoms with Crippen LogP contribution in [0.15, 0.2) is 18.2 Å². The second kappa shape index (κ2) is 5.27. The number of hydrogen-bond acceptors (Lipinski definition) is 1. The molecule has 2 aliphatic rings. The predicted octanol–water partition coefficient (Wildman–Crippen LogP) is 4.70. The van der Waals surface area contributed by atoms with Gasteiger partial charge in [0.15, 0.2) is 0 Å². The topological polar surface area (TPSA) is 20.2 Å². The Morgan fingerprint density at radius 1 is 1.19 bits per heavy atom. The van der Waals surface area contributed by atoms with Crippen molar-refractivity contribution in [1.82, 2.24) is 0 Å². The van der Waals surface area contributed by atoms with Gasteiger partial charge in [0.1, 0.15) is 5.82 Å². The zero-order chi connectivity index (χ0) is 15.2. The van der Waals surface area contributed by atoms with Gasteiger partial charge in [0.2, 0.25) is 0 Å². The van der Waals surface area contributed by atoms with E-state index in [1.165, 1.54) is 12.5 Å². The molecule has 0 radical (unpaired) electrons. The maximum atomic E-state index is 14.0. The number of aliphatic hydroxyl groups is 1. The number of halogens is 4. The molecule has 5 heteroatoms. The minimum atomic E-state index is -4.73. The summed E-state index contributed by atoms with van der Waals surface area (Å²) in [5.74, 6) is 0.227. The molecule has 1 aromatic rings. The van der Waals surface area contributed by atoms with Gasteiger partial charge in [0.05, 0.1) is 11.7 Å². The van der Waals surface area contributed by atoms with E-state index >= 15 is 0 Å². The smallest absolute Gasteiger partial charge is 0.388 e. The lowest BCUT2D eigenvalue weighted by atomic mass is 9.83. The molecule has 0 amide bonds. The third-order valence-electron chi connectivity index (χ3n) is 5.10. The molecule has 2 bridgehead atoms. The second-order valence-corrected chi connectivity index (χ2v) is 6.39. The SMILES string of the molecule is OC(CC1CC2CCC1C2)c1cccc(C(F)(F)F)c1F. The molecule has 2 saturated carbocycles. The number of benzene rings is 1. The Labute approximate surface area is 121 Å². The first-order chi connectivity index (χ1) is 9.86. The Bertz CT molecular complexity index is 525. The molecule has 2 aliphatic carbocycles. The summed E-state index contributed by atoms with van der Waals surface area (Å²) >= 11 is 0. The summed E-state index contributed by atoms with van der Waals surface area (Å²) in [6.45, 7) is 0. The van der Waals surface area contributed by atoms with E-state index in [0.717, 1.165) is 25.3 Å². The van der Waals surface area contributed by atoms with Crippen LogP contribution >= 0.6 is 0 Å². The Hall–Kier alpha value is -1.10. The van der Waals surface area contributed by atoms with Crippen LogP contribution in [0.4, 0.5) is 17.6 Å². The van der Waals surface area contributed by atoms with Crippen molar-refractivity contribution in [2.75, 3.05) is 0 Å². The lowest BCUT2D eigenvalue weighted by Gasteiger charge is -2.25. The van der Waals surface area contributed by atoms with E-state index in [4.69, 9.17) is 0 Å². The minimum absolute atomic E-state index is 0.229. The molecular weight excluding hydrogens is 284 g/mol. The van der Waals surface area contributed by atoms with Crippen LogP contribution in [-0.2, 0) is 6.18 Å². The quantitative estimate of drug-likeness (QED) is 0.802. The Balaban J connectivity index is 1.77. The molecule has 1 N–H and O–H groups in total. The number of hydrogen-bond donors (Lipinski definition) is 1. The van der Waals surface area contributed by atoms with Crippen LogP contribution < -0.4 is 0 Å². The number of fused-ring (bicyclic) bond motifs is 2. The molecule has 0 heterocycles. The number of alkyl halides is 3. The molecule has 1 aromatic carbocycles. The lowest BCUT2D eigenvalue weighted by molar-refractivity contribution is -0.140. The van der Waals surface area contributed by atoms with Gasteiger partial charge in [-0.1, -0.05) is 18.6 Å². The van der Waals surface area contributed by atoms with E-state index in [9.17, 15) is 22.7 Å². The van der Waals surface area contributed by atoms with Crippen molar-refractivity contribution in [3.05, 3.63) is 35.1 Å². The van der Waals surface area contributed by atoms with Crippen LogP contribution in [0.3, 0.4) is 0 Å². The van der Waals surface area contributed by atoms with Crippen LogP contribution in [0.1, 0.15) is 49.3 Å². The van der Waals surface area contributed by atoms with E-state index < -0.39 is 23.7 Å². The first kappa shape index (κ1) is 14.8. The Morgan fingerprint density at radius 2 is 1.95 bits per heavy atom. The largest absolute Gasteiger partial charge is 0.419 e. The highest BCUT2D eigenvalue weighted by Crippen LogP contribution is 2.51. The van der Waals surface area contributed by atoms with Gasteiger partial charge < -0.3 is 5.11 Å². The fraction of sp³-hybridized carbons (Fsp3) is 0.625. The first-order valence-electron chi connectivity index (χ1n) is 7.40. The highest BCUT2D eigenvalue weighted by Gasteiger charge is 2.41. The van der Waals surface area contributed by atoms with Gasteiger partial charge in [-0.05, 0) is 49.5 Å². The fourth-order valence-electron chi connectivity index (χ4n) is 4.10. The number of aliphatic hydroxyl groups excluding tert-OH is 1. The van der Waals surface area contributed by atoms with Gasteiger partial charge in [-0.3, -0.25) is 0 Å². The average molecular weight is 302 g/mol. The third kappa shape index (κ3) is 2.80. The molecule has 0 saturated heterocycles. The van der Waals surface area contributed by atoms with Crippen LogP contribution in [-0.4, -0.2) is 5.11 Å². The van der Waals surface area contributed by atoms with Crippen LogP contribution in [0.25, 0.3) is 0 Å². The molecule has 0 spiro atoms. The van der Waals surface area contributed by atoms with E-state index in [-0.39, 0.29) is 5.56 Å². The van der Waals surface area contributed by atoms with Crippen molar-refractivity contribution in [2.24, 2.45) is 17.8 Å². The van der Waals surface area contributed by atoms with Crippen molar-refractivity contribution in [1.29, 1.82) is 0 Å². The van der Waals surface area contributed by atoms with Crippen molar-refractivity contribution in [3.8, 4) is 0 Å². The lowest BCUT2D eigenvalue weighted by Crippen LogP contribution is -2.16. The molecule has 3 rings (SSSR count). The summed E-state index contributed by atoms with van der Waals surface area (Å²) in [5, 5.41) is 10.2. The zero-order valence-electron chi connectivity index (χ0n) is 11.5. The molecule has 1 nitrogen and oxygen atoms in total. The van der Waals surface area contributed by atoms with Gasteiger partial charge in [-0.15, -0.1) is 0 Å². The monoisotopic (exact) mass is 302 g/mol. The van der Waals surface area contributed by atoms with Gasteiger partial charge in [0.25, 0.3) is 0 Å². The normalized spacial score (nSPS) is 29.9. The van der Waals surface area contributed by atoms with Crippen LogP contribution in [0.2, 0.25) is 0 Å². The first-order valence-corrected chi connectivity index (χ1v) is 7.40. The molecule has 116 valence electrons. The molecular formula is C16H18F4O. The average Bonchev–Trinajstić information content (AvgIpc) is 2.99. The van der Waals surface area contributed by atoms with Crippen molar-refractivity contribution in [3.63, 3.8) is 0 Å². The van der Waals surface area contributed by atoms with Crippen LogP contribution in [0.5, 0.6) is 0 Å². The number of rotatable bonds is 3. The van der Waals surface area contributed by atoms with E-state index in [1.807, 2.05) is 0 Å². The summed E-state index contributed by atoms with van der Waals surface area (Å²) in [6.07, 6.45) is -1.00. The van der Waals surface area contributed by atoms with Crippen molar-refractivity contribution in [2.45, 2.75) is 44.4 Å². The molecule has 0 aliphatic heterocycles. The summed E-state index contributed by atoms with van der Waals surface area (Å²) in [6, 6.07) is 3.12. The van der Waals surface area contributed by atoms with Gasteiger partial charge in [0, 0.05) is 5.56 Å². The zero-order valence-corrected chi connectivity index (χ0v) is 11.5. The van der Waals surface area contributed by atoms with E-state index in [2.05, 4.69) is 0 Å². The van der Waals surface area contributed by atoms with Crippen molar-refractivity contribution < 1.29 is 22.7 Å². The maximum absolute atomic E-state index is 14.0. The summed E-state index contributed by atoms with van der Waals surface area (Å²) in [4.78, 5) is 0.